The molecule has 0 saturated carbocycles. The summed E-state index contributed by atoms with van der Waals surface area (Å²) in [5.41, 5.74) is -0.605. The molecule has 1 saturated heterocycles. The maximum atomic E-state index is 12.9. The summed E-state index contributed by atoms with van der Waals surface area (Å²) in [6, 6.07) is -0.480. The average molecular weight is 367 g/mol. The lowest BCUT2D eigenvalue weighted by molar-refractivity contribution is -0.131. The highest BCUT2D eigenvalue weighted by atomic mass is 16.6. The number of hydrogen-bond acceptors (Lipinski definition) is 4. The number of aliphatic carboxylic acids is 1. The maximum Gasteiger partial charge on any atom is 0.410 e. The molecule has 0 unspecified atom stereocenters. The zero-order chi connectivity index (χ0) is 19.9. The first-order valence-corrected chi connectivity index (χ1v) is 9.43. The molecule has 6 heteroatoms. The van der Waals surface area contributed by atoms with Crippen LogP contribution in [-0.4, -0.2) is 46.0 Å². The molecule has 0 aliphatic carbocycles. The van der Waals surface area contributed by atoms with Crippen LogP contribution >= 0.6 is 0 Å². The van der Waals surface area contributed by atoms with E-state index in [0.29, 0.717) is 18.9 Å². The van der Waals surface area contributed by atoms with Gasteiger partial charge in [0, 0.05) is 19.0 Å². The van der Waals surface area contributed by atoms with Gasteiger partial charge in [-0.2, -0.15) is 0 Å². The molecule has 0 bridgehead atoms. The molecule has 26 heavy (non-hydrogen) atoms. The first-order valence-electron chi connectivity index (χ1n) is 9.43. The van der Waals surface area contributed by atoms with Crippen molar-refractivity contribution in [2.24, 2.45) is 11.8 Å². The standard InChI is InChI=1S/C20H33NO5/c1-14(2)12-15(9-10-18(23)24)13-17(22)16-8-6-7-11-21(16)19(25)26-20(3,4)5/h9-10,14-16H,6-8,11-13H2,1-5H3,(H,23,24)/b10-9+/t15-,16+/m1/s1. The quantitative estimate of drug-likeness (QED) is 0.687. The number of carbonyl (C=O) groups is 3. The number of nitrogens with zero attached hydrogens (tertiary/aromatic N) is 1. The first kappa shape index (κ1) is 22.2. The monoisotopic (exact) mass is 367 g/mol. The Kier molecular flexibility index (Phi) is 8.31. The highest BCUT2D eigenvalue weighted by Crippen LogP contribution is 2.25. The van der Waals surface area contributed by atoms with Gasteiger partial charge in [-0.15, -0.1) is 0 Å². The number of carboxylic acid groups (broad SMARTS) is 1. The van der Waals surface area contributed by atoms with Crippen molar-refractivity contribution in [1.82, 2.24) is 4.90 Å². The fourth-order valence-corrected chi connectivity index (χ4v) is 3.25. The van der Waals surface area contributed by atoms with Crippen molar-refractivity contribution in [2.75, 3.05) is 6.54 Å². The van der Waals surface area contributed by atoms with E-state index in [9.17, 15) is 14.4 Å². The minimum atomic E-state index is -1.01. The Morgan fingerprint density at radius 1 is 1.23 bits per heavy atom. The Bertz CT molecular complexity index is 533. The van der Waals surface area contributed by atoms with Gasteiger partial charge in [0.15, 0.2) is 5.78 Å². The summed E-state index contributed by atoms with van der Waals surface area (Å²) in [4.78, 5) is 37.7. The number of carbonyl (C=O) groups excluding carboxylic acids is 2. The molecule has 148 valence electrons. The van der Waals surface area contributed by atoms with Crippen LogP contribution in [0, 0.1) is 11.8 Å². The van der Waals surface area contributed by atoms with Gasteiger partial charge in [-0.3, -0.25) is 9.69 Å². The summed E-state index contributed by atoms with van der Waals surface area (Å²) in [6.45, 7) is 10.0. The number of piperidine rings is 1. The topological polar surface area (TPSA) is 83.9 Å². The highest BCUT2D eigenvalue weighted by molar-refractivity contribution is 5.88. The Labute approximate surface area is 156 Å². The van der Waals surface area contributed by atoms with Gasteiger partial charge in [0.05, 0.1) is 6.04 Å². The molecule has 1 N–H and O–H groups in total. The van der Waals surface area contributed by atoms with Gasteiger partial charge in [0.25, 0.3) is 0 Å². The second-order valence-corrected chi connectivity index (χ2v) is 8.44. The summed E-state index contributed by atoms with van der Waals surface area (Å²) in [5.74, 6) is -0.823. The fourth-order valence-electron chi connectivity index (χ4n) is 3.25. The number of likely N-dealkylation sites (tertiary alicyclic amines) is 1. The molecular formula is C20H33NO5. The zero-order valence-corrected chi connectivity index (χ0v) is 16.7. The number of ketones is 1. The van der Waals surface area contributed by atoms with Gasteiger partial charge < -0.3 is 9.84 Å². The number of Topliss-reactive ketones (excluding diaryl/α,β-unsaturated/α-hetero) is 1. The van der Waals surface area contributed by atoms with Crippen molar-refractivity contribution in [3.05, 3.63) is 12.2 Å². The zero-order valence-electron chi connectivity index (χ0n) is 16.7. The Balaban J connectivity index is 2.84. The third-order valence-corrected chi connectivity index (χ3v) is 4.25. The van der Waals surface area contributed by atoms with Gasteiger partial charge in [0.2, 0.25) is 0 Å². The second kappa shape index (κ2) is 9.74. The lowest BCUT2D eigenvalue weighted by Gasteiger charge is -2.36. The molecule has 1 amide bonds. The molecule has 1 heterocycles. The van der Waals surface area contributed by atoms with Crippen LogP contribution in [0.25, 0.3) is 0 Å². The predicted molar refractivity (Wildman–Crippen MR) is 99.9 cm³/mol. The number of rotatable bonds is 7. The van der Waals surface area contributed by atoms with Crippen molar-refractivity contribution in [2.45, 2.75) is 78.4 Å². The van der Waals surface area contributed by atoms with Crippen molar-refractivity contribution >= 4 is 17.8 Å². The average Bonchev–Trinajstić information content (AvgIpc) is 2.50. The number of carboxylic acids is 1. The van der Waals surface area contributed by atoms with E-state index < -0.39 is 23.7 Å². The Hall–Kier alpha value is -1.85. The molecule has 6 nitrogen and oxygen atoms in total. The summed E-state index contributed by atoms with van der Waals surface area (Å²) in [7, 11) is 0. The predicted octanol–water partition coefficient (Wildman–Crippen LogP) is 4.04. The van der Waals surface area contributed by atoms with Crippen LogP contribution in [0.2, 0.25) is 0 Å². The molecular weight excluding hydrogens is 334 g/mol. The van der Waals surface area contributed by atoms with Crippen LogP contribution in [0.5, 0.6) is 0 Å². The molecule has 0 radical (unpaired) electrons. The fraction of sp³-hybridized carbons (Fsp3) is 0.750. The summed E-state index contributed by atoms with van der Waals surface area (Å²) < 4.78 is 5.45. The van der Waals surface area contributed by atoms with Crippen LogP contribution < -0.4 is 0 Å². The molecule has 1 rings (SSSR count). The van der Waals surface area contributed by atoms with Crippen molar-refractivity contribution in [3.8, 4) is 0 Å². The van der Waals surface area contributed by atoms with Crippen molar-refractivity contribution in [3.63, 3.8) is 0 Å². The molecule has 0 aromatic carbocycles. The van der Waals surface area contributed by atoms with Gasteiger partial charge in [-0.25, -0.2) is 9.59 Å². The van der Waals surface area contributed by atoms with Crippen molar-refractivity contribution < 1.29 is 24.2 Å². The van der Waals surface area contributed by atoms with E-state index in [2.05, 4.69) is 0 Å². The van der Waals surface area contributed by atoms with Crippen LogP contribution in [0.15, 0.2) is 12.2 Å². The van der Waals surface area contributed by atoms with Gasteiger partial charge in [-0.1, -0.05) is 19.9 Å². The maximum absolute atomic E-state index is 12.9. The van der Waals surface area contributed by atoms with Crippen LogP contribution in [0.1, 0.15) is 66.7 Å². The third-order valence-electron chi connectivity index (χ3n) is 4.25. The minimum Gasteiger partial charge on any atom is -0.478 e. The second-order valence-electron chi connectivity index (χ2n) is 8.44. The number of allylic oxidation sites excluding steroid dienone is 1. The molecule has 0 aromatic rings. The number of ether oxygens (including phenoxy) is 1. The highest BCUT2D eigenvalue weighted by Gasteiger charge is 2.35. The van der Waals surface area contributed by atoms with Crippen molar-refractivity contribution in [1.29, 1.82) is 0 Å². The molecule has 1 aliphatic rings. The summed E-state index contributed by atoms with van der Waals surface area (Å²) in [6.07, 6.45) is 5.62. The van der Waals surface area contributed by atoms with E-state index in [1.165, 1.54) is 0 Å². The smallest absolute Gasteiger partial charge is 0.410 e. The first-order chi connectivity index (χ1) is 12.0. The number of amides is 1. The summed E-state index contributed by atoms with van der Waals surface area (Å²) in [5, 5.41) is 8.86. The minimum absolute atomic E-state index is 0.0174. The molecule has 1 aliphatic heterocycles. The van der Waals surface area contributed by atoms with E-state index in [-0.39, 0.29) is 18.1 Å². The van der Waals surface area contributed by atoms with E-state index in [0.717, 1.165) is 25.3 Å². The van der Waals surface area contributed by atoms with Crippen LogP contribution in [0.3, 0.4) is 0 Å². The lowest BCUT2D eigenvalue weighted by atomic mass is 9.88. The van der Waals surface area contributed by atoms with Crippen LogP contribution in [0.4, 0.5) is 4.79 Å². The summed E-state index contributed by atoms with van der Waals surface area (Å²) >= 11 is 0. The van der Waals surface area contributed by atoms with Gasteiger partial charge >= 0.3 is 12.1 Å². The largest absolute Gasteiger partial charge is 0.478 e. The molecule has 0 aromatic heterocycles. The third kappa shape index (κ3) is 8.02. The molecule has 2 atom stereocenters. The number of hydrogen-bond donors (Lipinski definition) is 1. The normalized spacial score (nSPS) is 19.6. The van der Waals surface area contributed by atoms with E-state index >= 15 is 0 Å². The lowest BCUT2D eigenvalue weighted by Crippen LogP contribution is -2.50. The van der Waals surface area contributed by atoms with Crippen LogP contribution in [-0.2, 0) is 14.3 Å². The van der Waals surface area contributed by atoms with E-state index in [1.54, 1.807) is 31.7 Å². The molecule has 0 spiro atoms. The molecule has 1 fully saturated rings. The Morgan fingerprint density at radius 2 is 1.88 bits per heavy atom. The van der Waals surface area contributed by atoms with E-state index in [4.69, 9.17) is 9.84 Å². The van der Waals surface area contributed by atoms with Gasteiger partial charge in [-0.05, 0) is 58.3 Å². The SMILES string of the molecule is CC(C)C[C@@H](/C=C/C(=O)O)CC(=O)[C@@H]1CCCCN1C(=O)OC(C)(C)C. The van der Waals surface area contributed by atoms with E-state index in [1.807, 2.05) is 13.8 Å². The van der Waals surface area contributed by atoms with Gasteiger partial charge in [0.1, 0.15) is 5.60 Å². The Morgan fingerprint density at radius 3 is 2.42 bits per heavy atom.